The van der Waals surface area contributed by atoms with Gasteiger partial charge in [-0.2, -0.15) is 0 Å². The number of nitrogens with one attached hydrogen (secondary N) is 1. The maximum atomic E-state index is 13.2. The molecular formula is C39H37N5O6. The predicted octanol–water partition coefficient (Wildman–Crippen LogP) is 3.74. The number of imide groups is 1. The van der Waals surface area contributed by atoms with Gasteiger partial charge in [0.25, 0.3) is 11.5 Å². The highest BCUT2D eigenvalue weighted by molar-refractivity contribution is 6.05. The fourth-order valence-electron chi connectivity index (χ4n) is 7.34. The Morgan fingerprint density at radius 3 is 2.40 bits per heavy atom. The van der Waals surface area contributed by atoms with E-state index in [1.165, 1.54) is 0 Å². The molecule has 3 aliphatic heterocycles. The topological polar surface area (TPSA) is 123 Å². The van der Waals surface area contributed by atoms with E-state index in [9.17, 15) is 19.2 Å². The van der Waals surface area contributed by atoms with Crippen molar-refractivity contribution in [2.75, 3.05) is 27.3 Å². The van der Waals surface area contributed by atoms with Crippen LogP contribution in [-0.4, -0.2) is 70.4 Å². The van der Waals surface area contributed by atoms with E-state index in [1.807, 2.05) is 30.5 Å². The summed E-state index contributed by atoms with van der Waals surface area (Å²) in [6, 6.07) is 11.1. The first kappa shape index (κ1) is 31.8. The number of carbonyl (C=O) groups excluding carboxylic acids is 3. The largest absolute Gasteiger partial charge is 0.496 e. The van der Waals surface area contributed by atoms with E-state index < -0.39 is 11.9 Å². The Labute approximate surface area is 289 Å². The summed E-state index contributed by atoms with van der Waals surface area (Å²) >= 11 is 0. The molecule has 3 fully saturated rings. The summed E-state index contributed by atoms with van der Waals surface area (Å²) in [7, 11) is 5.07. The molecule has 11 nitrogen and oxygen atoms in total. The Balaban J connectivity index is 0.971. The average Bonchev–Trinajstić information content (AvgIpc) is 3.90. The number of carbonyl (C=O) groups is 3. The lowest BCUT2D eigenvalue weighted by Gasteiger charge is -2.37. The van der Waals surface area contributed by atoms with Gasteiger partial charge in [-0.05, 0) is 66.1 Å². The Morgan fingerprint density at radius 1 is 0.940 bits per heavy atom. The Kier molecular flexibility index (Phi) is 7.91. The van der Waals surface area contributed by atoms with E-state index in [0.717, 1.165) is 64.8 Å². The van der Waals surface area contributed by atoms with Gasteiger partial charge in [-0.3, -0.25) is 34.4 Å². The molecule has 5 heterocycles. The van der Waals surface area contributed by atoms with Crippen LogP contribution in [0.15, 0.2) is 53.6 Å². The number of fused-ring (bicyclic) bond motifs is 2. The third-order valence-electron chi connectivity index (χ3n) is 10.3. The molecule has 1 unspecified atom stereocenters. The second-order valence-electron chi connectivity index (χ2n) is 13.7. The third-order valence-corrected chi connectivity index (χ3v) is 10.3. The van der Waals surface area contributed by atoms with Crippen LogP contribution in [-0.2, 0) is 29.7 Å². The van der Waals surface area contributed by atoms with Gasteiger partial charge in [-0.25, -0.2) is 0 Å². The van der Waals surface area contributed by atoms with Crippen LogP contribution < -0.4 is 20.3 Å². The predicted molar refractivity (Wildman–Crippen MR) is 186 cm³/mol. The van der Waals surface area contributed by atoms with Crippen LogP contribution in [0.1, 0.15) is 64.3 Å². The minimum atomic E-state index is -0.636. The zero-order valence-corrected chi connectivity index (χ0v) is 28.2. The van der Waals surface area contributed by atoms with E-state index in [-0.39, 0.29) is 29.7 Å². The minimum Gasteiger partial charge on any atom is -0.496 e. The monoisotopic (exact) mass is 671 g/mol. The summed E-state index contributed by atoms with van der Waals surface area (Å²) < 4.78 is 13.4. The number of ether oxygens (including phenoxy) is 2. The molecule has 2 saturated heterocycles. The molecule has 1 saturated carbocycles. The van der Waals surface area contributed by atoms with Crippen molar-refractivity contribution < 1.29 is 23.9 Å². The zero-order chi connectivity index (χ0) is 34.7. The number of methoxy groups -OCH3 is 2. The first-order chi connectivity index (χ1) is 24.2. The molecule has 0 bridgehead atoms. The van der Waals surface area contributed by atoms with Gasteiger partial charge in [0, 0.05) is 86.3 Å². The number of aryl methyl sites for hydroxylation is 1. The van der Waals surface area contributed by atoms with Crippen molar-refractivity contribution in [3.63, 3.8) is 0 Å². The number of amides is 3. The highest BCUT2D eigenvalue weighted by atomic mass is 16.5. The molecule has 2 aromatic heterocycles. The zero-order valence-electron chi connectivity index (χ0n) is 28.2. The van der Waals surface area contributed by atoms with E-state index in [1.54, 1.807) is 43.0 Å². The number of pyridine rings is 2. The highest BCUT2D eigenvalue weighted by Gasteiger charge is 2.39. The molecule has 11 heteroatoms. The van der Waals surface area contributed by atoms with Crippen LogP contribution in [0.25, 0.3) is 21.9 Å². The summed E-state index contributed by atoms with van der Waals surface area (Å²) in [5.41, 5.74) is 5.89. The summed E-state index contributed by atoms with van der Waals surface area (Å²) in [4.78, 5) is 58.6. The van der Waals surface area contributed by atoms with E-state index in [4.69, 9.17) is 9.47 Å². The number of benzene rings is 2. The number of piperidine rings is 1. The quantitative estimate of drug-likeness (QED) is 0.233. The van der Waals surface area contributed by atoms with Crippen molar-refractivity contribution in [2.45, 2.75) is 50.7 Å². The molecule has 4 aliphatic rings. The summed E-state index contributed by atoms with van der Waals surface area (Å²) in [5.74, 6) is 7.74. The van der Waals surface area contributed by atoms with Gasteiger partial charge in [-0.1, -0.05) is 17.9 Å². The normalized spacial score (nSPS) is 19.1. The fraction of sp³-hybridized carbons (Fsp3) is 0.359. The lowest BCUT2D eigenvalue weighted by molar-refractivity contribution is -0.136. The SMILES string of the molecule is COc1cc(-c2cn(C)c(=O)c3cnc(C4CC4)cc23)cc(OC)c1CN1CC(C#Cc2ccc3c(c2)C(=O)N(C2CCC(=O)NC2=O)C3)C1. The van der Waals surface area contributed by atoms with Crippen LogP contribution in [0.3, 0.4) is 0 Å². The number of rotatable bonds is 7. The number of aromatic nitrogens is 2. The smallest absolute Gasteiger partial charge is 0.259 e. The van der Waals surface area contributed by atoms with Gasteiger partial charge in [0.15, 0.2) is 0 Å². The first-order valence-electron chi connectivity index (χ1n) is 17.0. The van der Waals surface area contributed by atoms with Gasteiger partial charge in [0.2, 0.25) is 11.8 Å². The second kappa shape index (κ2) is 12.4. The highest BCUT2D eigenvalue weighted by Crippen LogP contribution is 2.42. The van der Waals surface area contributed by atoms with Crippen LogP contribution in [0.4, 0.5) is 0 Å². The number of nitrogens with zero attached hydrogens (tertiary/aromatic N) is 4. The molecule has 1 N–H and O–H groups in total. The van der Waals surface area contributed by atoms with Crippen molar-refractivity contribution in [1.82, 2.24) is 24.7 Å². The Bertz CT molecular complexity index is 2200. The lowest BCUT2D eigenvalue weighted by Crippen LogP contribution is -2.52. The Morgan fingerprint density at radius 2 is 1.70 bits per heavy atom. The number of hydrogen-bond acceptors (Lipinski definition) is 8. The van der Waals surface area contributed by atoms with Crippen molar-refractivity contribution in [3.8, 4) is 34.5 Å². The summed E-state index contributed by atoms with van der Waals surface area (Å²) in [6.07, 6.45) is 6.40. The van der Waals surface area contributed by atoms with E-state index >= 15 is 0 Å². The minimum absolute atomic E-state index is 0.0781. The molecule has 0 radical (unpaired) electrons. The van der Waals surface area contributed by atoms with Gasteiger partial charge in [0.05, 0.1) is 25.2 Å². The fourth-order valence-corrected chi connectivity index (χ4v) is 7.34. The number of likely N-dealkylation sites (tertiary alicyclic amines) is 1. The standard InChI is InChI=1S/C39H37N5O6/c1-42-20-30(28-15-32(24-8-9-24)40-16-29(28)38(42)47)26-13-34(49-2)31(35(14-26)50-3)21-43-17-23(18-43)5-4-22-6-7-25-19-44(39(48)27(25)12-22)33-10-11-36(45)41-37(33)46/h6-7,12-16,20,23-24,33H,8-11,17-19,21H2,1-3H3,(H,41,45,46). The average molecular weight is 672 g/mol. The molecule has 3 amide bonds. The van der Waals surface area contributed by atoms with Crippen LogP contribution in [0.5, 0.6) is 11.5 Å². The molecule has 254 valence electrons. The molecule has 0 spiro atoms. The van der Waals surface area contributed by atoms with Gasteiger partial charge < -0.3 is 18.9 Å². The van der Waals surface area contributed by atoms with Crippen molar-refractivity contribution in [1.29, 1.82) is 0 Å². The van der Waals surface area contributed by atoms with Crippen molar-refractivity contribution >= 4 is 28.5 Å². The first-order valence-corrected chi connectivity index (χ1v) is 17.0. The molecule has 1 aliphatic carbocycles. The van der Waals surface area contributed by atoms with Crippen LogP contribution in [0.2, 0.25) is 0 Å². The van der Waals surface area contributed by atoms with Crippen molar-refractivity contribution in [3.05, 3.63) is 87.1 Å². The van der Waals surface area contributed by atoms with Crippen LogP contribution >= 0.6 is 0 Å². The maximum absolute atomic E-state index is 13.2. The molecule has 1 atom stereocenters. The van der Waals surface area contributed by atoms with Gasteiger partial charge in [-0.15, -0.1) is 0 Å². The van der Waals surface area contributed by atoms with E-state index in [0.29, 0.717) is 47.9 Å². The lowest BCUT2D eigenvalue weighted by atomic mass is 9.96. The van der Waals surface area contributed by atoms with Gasteiger partial charge >= 0.3 is 0 Å². The molecule has 8 rings (SSSR count). The van der Waals surface area contributed by atoms with Crippen molar-refractivity contribution in [2.24, 2.45) is 13.0 Å². The summed E-state index contributed by atoms with van der Waals surface area (Å²) in [6.45, 7) is 2.52. The Hall–Kier alpha value is -5.47. The maximum Gasteiger partial charge on any atom is 0.259 e. The third kappa shape index (κ3) is 5.69. The second-order valence-corrected chi connectivity index (χ2v) is 13.7. The number of hydrogen-bond donors (Lipinski definition) is 1. The molecule has 50 heavy (non-hydrogen) atoms. The van der Waals surface area contributed by atoms with E-state index in [2.05, 4.69) is 33.1 Å². The molecule has 4 aromatic rings. The molecular weight excluding hydrogens is 634 g/mol. The molecule has 2 aromatic carbocycles. The summed E-state index contributed by atoms with van der Waals surface area (Å²) in [5, 5.41) is 3.81. The van der Waals surface area contributed by atoms with Crippen LogP contribution in [0, 0.1) is 17.8 Å². The van der Waals surface area contributed by atoms with Gasteiger partial charge in [0.1, 0.15) is 17.5 Å².